The highest BCUT2D eigenvalue weighted by Crippen LogP contribution is 2.46. The summed E-state index contributed by atoms with van der Waals surface area (Å²) in [6, 6.07) is 2.23. The second-order valence-corrected chi connectivity index (χ2v) is 9.30. The van der Waals surface area contributed by atoms with E-state index in [4.69, 9.17) is 14.2 Å². The van der Waals surface area contributed by atoms with Crippen LogP contribution in [0.5, 0.6) is 0 Å². The fraction of sp³-hybridized carbons (Fsp3) is 0.591. The maximum atomic E-state index is 12.6. The lowest BCUT2D eigenvalue weighted by atomic mass is 9.82. The molecule has 2 aromatic rings. The van der Waals surface area contributed by atoms with Crippen molar-refractivity contribution in [2.75, 3.05) is 39.5 Å². The van der Waals surface area contributed by atoms with Gasteiger partial charge in [0.2, 0.25) is 5.91 Å². The van der Waals surface area contributed by atoms with Gasteiger partial charge in [-0.15, -0.1) is 11.3 Å². The Kier molecular flexibility index (Phi) is 5.82. The molecule has 0 aromatic carbocycles. The summed E-state index contributed by atoms with van der Waals surface area (Å²) in [5.41, 5.74) is 1.89. The van der Waals surface area contributed by atoms with Crippen molar-refractivity contribution in [3.05, 3.63) is 35.1 Å². The number of aromatic nitrogens is 2. The Hall–Kier alpha value is -1.87. The largest absolute Gasteiger partial charge is 0.376 e. The van der Waals surface area contributed by atoms with E-state index in [0.717, 1.165) is 55.9 Å². The zero-order valence-electron chi connectivity index (χ0n) is 17.0. The quantitative estimate of drug-likeness (QED) is 0.728. The number of rotatable bonds is 5. The molecule has 0 bridgehead atoms. The van der Waals surface area contributed by atoms with E-state index >= 15 is 0 Å². The standard InChI is InChI=1S/C22H27N3O4S/c26-21(15-27-14-16-2-1-10-28-16)25-8-4-22(5-9-25)17-12-20(18-13-23-6-7-24-18)30-19(17)3-11-29-22/h6-7,12-13,16H,1-5,8-11,14-15H2. The second-order valence-electron chi connectivity index (χ2n) is 8.16. The fourth-order valence-electron chi connectivity index (χ4n) is 4.65. The Morgan fingerprint density at radius 2 is 2.20 bits per heavy atom. The third kappa shape index (κ3) is 4.01. The molecule has 8 heteroatoms. The van der Waals surface area contributed by atoms with E-state index < -0.39 is 0 Å². The minimum atomic E-state index is -0.292. The fourth-order valence-corrected chi connectivity index (χ4v) is 5.84. The van der Waals surface area contributed by atoms with Gasteiger partial charge < -0.3 is 19.1 Å². The number of likely N-dealkylation sites (tertiary alicyclic amines) is 1. The Balaban J connectivity index is 1.22. The number of hydrogen-bond donors (Lipinski definition) is 0. The van der Waals surface area contributed by atoms with Gasteiger partial charge >= 0.3 is 0 Å². The lowest BCUT2D eigenvalue weighted by molar-refractivity contribution is -0.146. The van der Waals surface area contributed by atoms with Crippen LogP contribution in [0.15, 0.2) is 24.7 Å². The average Bonchev–Trinajstić information content (AvgIpc) is 3.46. The number of thiophene rings is 1. The zero-order valence-corrected chi connectivity index (χ0v) is 17.9. The van der Waals surface area contributed by atoms with E-state index in [0.29, 0.717) is 19.7 Å². The van der Waals surface area contributed by atoms with Gasteiger partial charge in [-0.2, -0.15) is 0 Å². The number of carbonyl (C=O) groups excluding carboxylic acids is 1. The van der Waals surface area contributed by atoms with Crippen LogP contribution in [0.1, 0.15) is 36.1 Å². The number of nitrogens with zero attached hydrogens (tertiary/aromatic N) is 3. The van der Waals surface area contributed by atoms with E-state index in [1.807, 2.05) is 11.1 Å². The van der Waals surface area contributed by atoms with Crippen LogP contribution in [-0.4, -0.2) is 66.4 Å². The number of ether oxygens (including phenoxy) is 3. The van der Waals surface area contributed by atoms with Crippen molar-refractivity contribution in [3.8, 4) is 10.6 Å². The summed E-state index contributed by atoms with van der Waals surface area (Å²) in [6.07, 6.45) is 10.0. The number of fused-ring (bicyclic) bond motifs is 2. The molecule has 7 nitrogen and oxygen atoms in total. The Morgan fingerprint density at radius 3 is 2.97 bits per heavy atom. The predicted octanol–water partition coefficient (Wildman–Crippen LogP) is 2.79. The van der Waals surface area contributed by atoms with Gasteiger partial charge in [-0.3, -0.25) is 14.8 Å². The summed E-state index contributed by atoms with van der Waals surface area (Å²) in [5, 5.41) is 0. The third-order valence-corrected chi connectivity index (χ3v) is 7.52. The van der Waals surface area contributed by atoms with E-state index in [-0.39, 0.29) is 24.2 Å². The van der Waals surface area contributed by atoms with Crippen molar-refractivity contribution in [3.63, 3.8) is 0 Å². The SMILES string of the molecule is O=C(COCC1CCCO1)N1CCC2(CC1)OCCc1sc(-c3cnccn3)cc12. The van der Waals surface area contributed by atoms with E-state index in [9.17, 15) is 4.79 Å². The van der Waals surface area contributed by atoms with Gasteiger partial charge in [0.1, 0.15) is 6.61 Å². The van der Waals surface area contributed by atoms with Crippen molar-refractivity contribution in [2.45, 2.75) is 43.8 Å². The molecule has 1 amide bonds. The van der Waals surface area contributed by atoms with Gasteiger partial charge in [0.05, 0.1) is 41.7 Å². The van der Waals surface area contributed by atoms with Crippen LogP contribution in [0, 0.1) is 0 Å². The molecule has 1 unspecified atom stereocenters. The highest BCUT2D eigenvalue weighted by atomic mass is 32.1. The molecule has 2 fully saturated rings. The molecule has 0 radical (unpaired) electrons. The van der Waals surface area contributed by atoms with Crippen molar-refractivity contribution in [1.82, 2.24) is 14.9 Å². The number of amides is 1. The molecule has 3 aliphatic rings. The molecule has 0 aliphatic carbocycles. The minimum Gasteiger partial charge on any atom is -0.376 e. The lowest BCUT2D eigenvalue weighted by Gasteiger charge is -2.44. The van der Waals surface area contributed by atoms with Crippen LogP contribution >= 0.6 is 11.3 Å². The van der Waals surface area contributed by atoms with Crippen LogP contribution < -0.4 is 0 Å². The van der Waals surface area contributed by atoms with Crippen molar-refractivity contribution < 1.29 is 19.0 Å². The topological polar surface area (TPSA) is 73.8 Å². The molecule has 0 N–H and O–H groups in total. The van der Waals surface area contributed by atoms with Gasteiger partial charge in [-0.1, -0.05) is 0 Å². The highest BCUT2D eigenvalue weighted by molar-refractivity contribution is 7.15. The van der Waals surface area contributed by atoms with Crippen LogP contribution in [-0.2, 0) is 31.0 Å². The van der Waals surface area contributed by atoms with Crippen molar-refractivity contribution >= 4 is 17.2 Å². The van der Waals surface area contributed by atoms with Crippen molar-refractivity contribution in [2.24, 2.45) is 0 Å². The maximum absolute atomic E-state index is 12.6. The summed E-state index contributed by atoms with van der Waals surface area (Å²) in [5.74, 6) is 0.0597. The molecular formula is C22H27N3O4S. The molecule has 5 rings (SSSR count). The summed E-state index contributed by atoms with van der Waals surface area (Å²) < 4.78 is 17.5. The molecule has 2 aromatic heterocycles. The first-order valence-corrected chi connectivity index (χ1v) is 11.6. The zero-order chi connectivity index (χ0) is 20.4. The van der Waals surface area contributed by atoms with Crippen LogP contribution in [0.25, 0.3) is 10.6 Å². The van der Waals surface area contributed by atoms with Gasteiger partial charge in [0.25, 0.3) is 0 Å². The van der Waals surface area contributed by atoms with Crippen molar-refractivity contribution in [1.29, 1.82) is 0 Å². The molecule has 0 saturated carbocycles. The van der Waals surface area contributed by atoms with Gasteiger partial charge in [0.15, 0.2) is 0 Å². The molecule has 1 atom stereocenters. The van der Waals surface area contributed by atoms with Gasteiger partial charge in [-0.05, 0) is 37.3 Å². The Labute approximate surface area is 180 Å². The Bertz CT molecular complexity index is 874. The average molecular weight is 430 g/mol. The van der Waals surface area contributed by atoms with Crippen LogP contribution in [0.4, 0.5) is 0 Å². The van der Waals surface area contributed by atoms with E-state index in [2.05, 4.69) is 16.0 Å². The first kappa shape index (κ1) is 20.1. The smallest absolute Gasteiger partial charge is 0.248 e. The molecule has 30 heavy (non-hydrogen) atoms. The normalized spacial score (nSPS) is 22.9. The maximum Gasteiger partial charge on any atom is 0.248 e. The second kappa shape index (κ2) is 8.70. The van der Waals surface area contributed by atoms with Crippen LogP contribution in [0.3, 0.4) is 0 Å². The number of piperidine rings is 1. The third-order valence-electron chi connectivity index (χ3n) is 6.30. The highest BCUT2D eigenvalue weighted by Gasteiger charge is 2.42. The molecule has 5 heterocycles. The molecule has 3 aliphatic heterocycles. The monoisotopic (exact) mass is 429 g/mol. The summed E-state index contributed by atoms with van der Waals surface area (Å²) >= 11 is 1.79. The van der Waals surface area contributed by atoms with Gasteiger partial charge in [-0.25, -0.2) is 0 Å². The molecular weight excluding hydrogens is 402 g/mol. The summed E-state index contributed by atoms with van der Waals surface area (Å²) in [7, 11) is 0. The minimum absolute atomic E-state index is 0.0597. The Morgan fingerprint density at radius 1 is 1.30 bits per heavy atom. The van der Waals surface area contributed by atoms with E-state index in [1.165, 1.54) is 10.4 Å². The molecule has 160 valence electrons. The first-order valence-electron chi connectivity index (χ1n) is 10.7. The molecule has 1 spiro atoms. The molecule has 2 saturated heterocycles. The summed E-state index contributed by atoms with van der Waals surface area (Å²) in [4.78, 5) is 25.7. The van der Waals surface area contributed by atoms with Crippen LogP contribution in [0.2, 0.25) is 0 Å². The number of hydrogen-bond acceptors (Lipinski definition) is 7. The van der Waals surface area contributed by atoms with E-state index in [1.54, 1.807) is 23.7 Å². The van der Waals surface area contributed by atoms with Gasteiger partial charge in [0, 0.05) is 43.4 Å². The lowest BCUT2D eigenvalue weighted by Crippen LogP contribution is -2.49. The number of carbonyl (C=O) groups is 1. The summed E-state index contributed by atoms with van der Waals surface area (Å²) in [6.45, 7) is 3.56. The first-order chi connectivity index (χ1) is 14.7. The predicted molar refractivity (Wildman–Crippen MR) is 112 cm³/mol.